The van der Waals surface area contributed by atoms with Gasteiger partial charge in [-0.3, -0.25) is 9.88 Å². The Kier molecular flexibility index (Phi) is 4.63. The predicted octanol–water partition coefficient (Wildman–Crippen LogP) is 2.85. The van der Waals surface area contributed by atoms with Crippen molar-refractivity contribution in [3.63, 3.8) is 0 Å². The summed E-state index contributed by atoms with van der Waals surface area (Å²) in [6.07, 6.45) is 6.47. The lowest BCUT2D eigenvalue weighted by Gasteiger charge is -2.39. The molecule has 25 heavy (non-hydrogen) atoms. The second-order valence-corrected chi connectivity index (χ2v) is 7.01. The van der Waals surface area contributed by atoms with Crippen LogP contribution < -0.4 is 5.32 Å². The molecule has 0 unspecified atom stereocenters. The third-order valence-electron chi connectivity index (χ3n) is 5.04. The Balaban J connectivity index is 1.38. The average molecular weight is 342 g/mol. The maximum Gasteiger partial charge on any atom is 0.165 e. The summed E-state index contributed by atoms with van der Waals surface area (Å²) in [5, 5.41) is 3.20. The first-order valence-corrected chi connectivity index (χ1v) is 8.86. The molecule has 0 aliphatic carbocycles. The van der Waals surface area contributed by atoms with E-state index in [4.69, 9.17) is 4.74 Å². The molecule has 0 saturated carbocycles. The summed E-state index contributed by atoms with van der Waals surface area (Å²) < 4.78 is 20.0. The van der Waals surface area contributed by atoms with Gasteiger partial charge in [-0.05, 0) is 43.7 Å². The van der Waals surface area contributed by atoms with Gasteiger partial charge in [0.2, 0.25) is 0 Å². The molecule has 4 rings (SSSR count). The molecule has 1 N–H and O–H groups in total. The minimum atomic E-state index is -0.316. The molecule has 4 heterocycles. The number of nitrogens with one attached hydrogen (secondary N) is 1. The van der Waals surface area contributed by atoms with Gasteiger partial charge in [-0.1, -0.05) is 6.07 Å². The quantitative estimate of drug-likeness (QED) is 0.926. The van der Waals surface area contributed by atoms with Gasteiger partial charge in [0.05, 0.1) is 23.9 Å². The van der Waals surface area contributed by atoms with Gasteiger partial charge in [0.25, 0.3) is 0 Å². The molecular weight excluding hydrogens is 319 g/mol. The fourth-order valence-electron chi connectivity index (χ4n) is 3.95. The van der Waals surface area contributed by atoms with Crippen molar-refractivity contribution in [1.82, 2.24) is 14.9 Å². The number of likely N-dealkylation sites (tertiary alicyclic amines) is 1. The smallest absolute Gasteiger partial charge is 0.165 e. The molecule has 132 valence electrons. The van der Waals surface area contributed by atoms with Gasteiger partial charge >= 0.3 is 0 Å². The summed E-state index contributed by atoms with van der Waals surface area (Å²) in [6.45, 7) is 3.40. The van der Waals surface area contributed by atoms with Crippen LogP contribution in [0, 0.1) is 5.82 Å². The fourth-order valence-corrected chi connectivity index (χ4v) is 3.95. The van der Waals surface area contributed by atoms with E-state index >= 15 is 0 Å². The third kappa shape index (κ3) is 3.80. The Morgan fingerprint density at radius 3 is 3.00 bits per heavy atom. The van der Waals surface area contributed by atoms with E-state index in [0.717, 1.165) is 44.6 Å². The van der Waals surface area contributed by atoms with Gasteiger partial charge in [0.1, 0.15) is 0 Å². The second kappa shape index (κ2) is 7.06. The number of piperidine rings is 1. The molecule has 2 atom stereocenters. The predicted molar refractivity (Wildman–Crippen MR) is 93.7 cm³/mol. The Bertz CT molecular complexity index is 714. The van der Waals surface area contributed by atoms with Crippen molar-refractivity contribution >= 4 is 5.82 Å². The van der Waals surface area contributed by atoms with Gasteiger partial charge < -0.3 is 10.1 Å². The van der Waals surface area contributed by atoms with Crippen molar-refractivity contribution < 1.29 is 9.13 Å². The maximum absolute atomic E-state index is 13.8. The van der Waals surface area contributed by atoms with E-state index in [1.165, 1.54) is 6.07 Å². The second-order valence-electron chi connectivity index (χ2n) is 7.01. The number of ether oxygens (including phenoxy) is 1. The summed E-state index contributed by atoms with van der Waals surface area (Å²) in [4.78, 5) is 10.9. The van der Waals surface area contributed by atoms with Crippen LogP contribution in [-0.2, 0) is 11.3 Å². The highest BCUT2D eigenvalue weighted by Gasteiger charge is 2.43. The van der Waals surface area contributed by atoms with E-state index in [9.17, 15) is 4.39 Å². The number of aromatic nitrogens is 2. The van der Waals surface area contributed by atoms with Crippen LogP contribution in [0.2, 0.25) is 0 Å². The van der Waals surface area contributed by atoms with Crippen LogP contribution in [0.1, 0.15) is 25.0 Å². The molecule has 0 aromatic carbocycles. The zero-order valence-electron chi connectivity index (χ0n) is 14.2. The molecule has 0 bridgehead atoms. The van der Waals surface area contributed by atoms with Gasteiger partial charge in [0.15, 0.2) is 11.6 Å². The summed E-state index contributed by atoms with van der Waals surface area (Å²) >= 11 is 0. The van der Waals surface area contributed by atoms with Crippen LogP contribution in [0.25, 0.3) is 0 Å². The van der Waals surface area contributed by atoms with Gasteiger partial charge in [-0.2, -0.15) is 0 Å². The molecule has 0 amide bonds. The van der Waals surface area contributed by atoms with E-state index in [0.29, 0.717) is 12.4 Å². The van der Waals surface area contributed by atoms with Crippen LogP contribution >= 0.6 is 0 Å². The lowest BCUT2D eigenvalue weighted by molar-refractivity contribution is -0.0535. The number of nitrogens with zero attached hydrogens (tertiary/aromatic N) is 3. The number of anilines is 1. The molecule has 0 radical (unpaired) electrons. The summed E-state index contributed by atoms with van der Waals surface area (Å²) in [6, 6.07) is 9.15. The summed E-state index contributed by atoms with van der Waals surface area (Å²) in [5.41, 5.74) is 0.943. The third-order valence-corrected chi connectivity index (χ3v) is 5.04. The van der Waals surface area contributed by atoms with Crippen molar-refractivity contribution in [3.8, 4) is 0 Å². The normalized spacial score (nSPS) is 26.8. The van der Waals surface area contributed by atoms with Crippen LogP contribution in [0.3, 0.4) is 0 Å². The zero-order chi connectivity index (χ0) is 17.1. The molecule has 1 spiro atoms. The summed E-state index contributed by atoms with van der Waals surface area (Å²) in [5.74, 6) is -0.00169. The lowest BCUT2D eigenvalue weighted by atomic mass is 9.88. The number of pyridine rings is 2. The first-order valence-electron chi connectivity index (χ1n) is 8.86. The van der Waals surface area contributed by atoms with E-state index in [-0.39, 0.29) is 17.5 Å². The Hall–Kier alpha value is -2.05. The minimum Gasteiger partial charge on any atom is -0.371 e. The molecule has 5 nitrogen and oxygen atoms in total. The fraction of sp³-hybridized carbons (Fsp3) is 0.474. The van der Waals surface area contributed by atoms with E-state index in [1.54, 1.807) is 12.3 Å². The largest absolute Gasteiger partial charge is 0.371 e. The maximum atomic E-state index is 13.8. The van der Waals surface area contributed by atoms with Gasteiger partial charge in [-0.15, -0.1) is 0 Å². The van der Waals surface area contributed by atoms with Crippen LogP contribution in [0.4, 0.5) is 10.2 Å². The molecule has 2 saturated heterocycles. The Labute approximate surface area is 147 Å². The molecular formula is C19H23FN4O. The van der Waals surface area contributed by atoms with Crippen molar-refractivity contribution in [2.24, 2.45) is 0 Å². The van der Waals surface area contributed by atoms with Gasteiger partial charge in [-0.25, -0.2) is 9.37 Å². The van der Waals surface area contributed by atoms with E-state index in [1.807, 2.05) is 18.3 Å². The summed E-state index contributed by atoms with van der Waals surface area (Å²) in [7, 11) is 0. The van der Waals surface area contributed by atoms with E-state index in [2.05, 4.69) is 26.3 Å². The SMILES string of the molecule is Fc1cccnc1N[C@H]1CO[C@@]2(CCCN(Cc3ccccn3)C2)C1. The first-order chi connectivity index (χ1) is 12.2. The van der Waals surface area contributed by atoms with Crippen molar-refractivity contribution in [2.45, 2.75) is 37.5 Å². The Morgan fingerprint density at radius 2 is 2.16 bits per heavy atom. The zero-order valence-corrected chi connectivity index (χ0v) is 14.2. The molecule has 2 aliphatic rings. The van der Waals surface area contributed by atoms with Crippen molar-refractivity contribution in [1.29, 1.82) is 0 Å². The number of rotatable bonds is 4. The topological polar surface area (TPSA) is 50.3 Å². The number of halogens is 1. The Morgan fingerprint density at radius 1 is 1.24 bits per heavy atom. The van der Waals surface area contributed by atoms with Crippen molar-refractivity contribution in [3.05, 3.63) is 54.2 Å². The number of hydrogen-bond donors (Lipinski definition) is 1. The van der Waals surface area contributed by atoms with Crippen LogP contribution in [0.15, 0.2) is 42.7 Å². The highest BCUT2D eigenvalue weighted by molar-refractivity contribution is 5.37. The minimum absolute atomic E-state index is 0.0965. The molecule has 6 heteroatoms. The lowest BCUT2D eigenvalue weighted by Crippen LogP contribution is -2.47. The molecule has 2 aromatic heterocycles. The highest BCUT2D eigenvalue weighted by Crippen LogP contribution is 2.36. The number of hydrogen-bond acceptors (Lipinski definition) is 5. The molecule has 2 aliphatic heterocycles. The monoisotopic (exact) mass is 342 g/mol. The first kappa shape index (κ1) is 16.4. The van der Waals surface area contributed by atoms with Crippen molar-refractivity contribution in [2.75, 3.05) is 25.0 Å². The van der Waals surface area contributed by atoms with Crippen LogP contribution in [0.5, 0.6) is 0 Å². The van der Waals surface area contributed by atoms with Crippen LogP contribution in [-0.4, -0.2) is 46.2 Å². The van der Waals surface area contributed by atoms with E-state index < -0.39 is 0 Å². The molecule has 2 aromatic rings. The highest BCUT2D eigenvalue weighted by atomic mass is 19.1. The average Bonchev–Trinajstić information content (AvgIpc) is 3.00. The standard InChI is InChI=1S/C19H23FN4O/c20-17-6-3-9-22-18(17)23-16-11-19(25-13-16)7-4-10-24(14-19)12-15-5-1-2-8-21-15/h1-3,5-6,8-9,16H,4,7,10-14H2,(H,22,23)/t16-,19+/m1/s1. The molecule has 2 fully saturated rings. The van der Waals surface area contributed by atoms with Gasteiger partial charge in [0, 0.05) is 31.9 Å².